The van der Waals surface area contributed by atoms with E-state index in [9.17, 15) is 9.59 Å². The highest BCUT2D eigenvalue weighted by atomic mass is 16.2. The highest BCUT2D eigenvalue weighted by molar-refractivity contribution is 6.23. The zero-order chi connectivity index (χ0) is 13.8. The maximum Gasteiger partial charge on any atom is 0.333 e. The van der Waals surface area contributed by atoms with Crippen LogP contribution in [0, 0.1) is 0 Å². The predicted molar refractivity (Wildman–Crippen MR) is 69.8 cm³/mol. The Balaban J connectivity index is 2.05. The SMILES string of the molecule is CC(C)n1nccc1N1C(=O)N2CCC[C@@]2(C)C1=O. The van der Waals surface area contributed by atoms with Gasteiger partial charge >= 0.3 is 6.03 Å². The first-order chi connectivity index (χ1) is 8.97. The van der Waals surface area contributed by atoms with Crippen molar-refractivity contribution in [3.8, 4) is 0 Å². The second-order valence-corrected chi connectivity index (χ2v) is 5.68. The van der Waals surface area contributed by atoms with Crippen LogP contribution in [0.1, 0.15) is 39.7 Å². The predicted octanol–water partition coefficient (Wildman–Crippen LogP) is 1.79. The maximum atomic E-state index is 12.6. The lowest BCUT2D eigenvalue weighted by Crippen LogP contribution is -2.41. The number of fused-ring (bicyclic) bond motifs is 1. The third kappa shape index (κ3) is 1.45. The molecule has 3 rings (SSSR count). The summed E-state index contributed by atoms with van der Waals surface area (Å²) in [7, 11) is 0. The Bertz CT molecular complexity index is 551. The van der Waals surface area contributed by atoms with E-state index in [-0.39, 0.29) is 18.0 Å². The summed E-state index contributed by atoms with van der Waals surface area (Å²) in [6, 6.07) is 1.61. The van der Waals surface area contributed by atoms with Crippen molar-refractivity contribution in [2.24, 2.45) is 0 Å². The van der Waals surface area contributed by atoms with Crippen LogP contribution in [-0.4, -0.2) is 38.7 Å². The summed E-state index contributed by atoms with van der Waals surface area (Å²) in [6.45, 7) is 6.47. The van der Waals surface area contributed by atoms with E-state index in [2.05, 4.69) is 5.10 Å². The van der Waals surface area contributed by atoms with Crippen molar-refractivity contribution >= 4 is 17.8 Å². The fourth-order valence-electron chi connectivity index (χ4n) is 3.02. The molecule has 0 spiro atoms. The molecular weight excluding hydrogens is 244 g/mol. The van der Waals surface area contributed by atoms with Gasteiger partial charge in [-0.2, -0.15) is 5.10 Å². The van der Waals surface area contributed by atoms with Crippen molar-refractivity contribution in [1.82, 2.24) is 14.7 Å². The molecule has 0 saturated carbocycles. The van der Waals surface area contributed by atoms with Crippen molar-refractivity contribution in [2.45, 2.75) is 45.2 Å². The van der Waals surface area contributed by atoms with Gasteiger partial charge in [0.2, 0.25) is 0 Å². The molecule has 3 heterocycles. The van der Waals surface area contributed by atoms with Gasteiger partial charge in [-0.25, -0.2) is 14.4 Å². The van der Waals surface area contributed by atoms with Crippen LogP contribution < -0.4 is 4.90 Å². The molecule has 0 bridgehead atoms. The van der Waals surface area contributed by atoms with Crippen LogP contribution in [0.15, 0.2) is 12.3 Å². The van der Waals surface area contributed by atoms with E-state index in [1.165, 1.54) is 4.90 Å². The number of carbonyl (C=O) groups excluding carboxylic acids is 2. The number of aromatic nitrogens is 2. The van der Waals surface area contributed by atoms with Gasteiger partial charge in [0.1, 0.15) is 11.4 Å². The minimum atomic E-state index is -0.664. The lowest BCUT2D eigenvalue weighted by molar-refractivity contribution is -0.123. The Morgan fingerprint density at radius 3 is 2.74 bits per heavy atom. The number of nitrogens with zero attached hydrogens (tertiary/aromatic N) is 4. The van der Waals surface area contributed by atoms with Crippen molar-refractivity contribution in [3.05, 3.63) is 12.3 Å². The molecule has 1 aromatic heterocycles. The average molecular weight is 262 g/mol. The van der Waals surface area contributed by atoms with Crippen molar-refractivity contribution in [3.63, 3.8) is 0 Å². The van der Waals surface area contributed by atoms with Crippen LogP contribution in [-0.2, 0) is 4.79 Å². The first kappa shape index (κ1) is 12.2. The van der Waals surface area contributed by atoms with Gasteiger partial charge in [0.05, 0.1) is 6.20 Å². The second-order valence-electron chi connectivity index (χ2n) is 5.68. The van der Waals surface area contributed by atoms with Crippen molar-refractivity contribution < 1.29 is 9.59 Å². The molecule has 3 amide bonds. The van der Waals surface area contributed by atoms with E-state index in [1.807, 2.05) is 20.8 Å². The van der Waals surface area contributed by atoms with Gasteiger partial charge < -0.3 is 4.90 Å². The lowest BCUT2D eigenvalue weighted by Gasteiger charge is -2.22. The number of anilines is 1. The minimum absolute atomic E-state index is 0.105. The highest BCUT2D eigenvalue weighted by Gasteiger charge is 2.57. The molecular formula is C13H18N4O2. The third-order valence-corrected chi connectivity index (χ3v) is 4.09. The summed E-state index contributed by atoms with van der Waals surface area (Å²) in [5, 5.41) is 4.20. The first-order valence-corrected chi connectivity index (χ1v) is 6.66. The summed E-state index contributed by atoms with van der Waals surface area (Å²) in [6.07, 6.45) is 3.26. The zero-order valence-corrected chi connectivity index (χ0v) is 11.5. The fourth-order valence-corrected chi connectivity index (χ4v) is 3.02. The summed E-state index contributed by atoms with van der Waals surface area (Å²) in [4.78, 5) is 28.1. The van der Waals surface area contributed by atoms with Crippen LogP contribution in [0.25, 0.3) is 0 Å². The molecule has 2 aliphatic rings. The van der Waals surface area contributed by atoms with Crippen LogP contribution in [0.5, 0.6) is 0 Å². The molecule has 2 saturated heterocycles. The van der Waals surface area contributed by atoms with Crippen molar-refractivity contribution in [2.75, 3.05) is 11.4 Å². The molecule has 0 unspecified atom stereocenters. The number of amides is 3. The molecule has 1 atom stereocenters. The monoisotopic (exact) mass is 262 g/mol. The molecule has 0 N–H and O–H groups in total. The molecule has 0 aliphatic carbocycles. The summed E-state index contributed by atoms with van der Waals surface area (Å²) >= 11 is 0. The quantitative estimate of drug-likeness (QED) is 0.763. The van der Waals surface area contributed by atoms with E-state index in [0.29, 0.717) is 12.4 Å². The molecule has 6 heteroatoms. The molecule has 0 radical (unpaired) electrons. The molecule has 0 aromatic carbocycles. The number of imide groups is 1. The molecule has 19 heavy (non-hydrogen) atoms. The largest absolute Gasteiger partial charge is 0.333 e. The second kappa shape index (κ2) is 3.82. The summed E-state index contributed by atoms with van der Waals surface area (Å²) in [5.74, 6) is 0.443. The highest BCUT2D eigenvalue weighted by Crippen LogP contribution is 2.39. The molecule has 1 aromatic rings. The van der Waals surface area contributed by atoms with E-state index in [4.69, 9.17) is 0 Å². The van der Waals surface area contributed by atoms with Gasteiger partial charge in [0.25, 0.3) is 5.91 Å². The topological polar surface area (TPSA) is 58.4 Å². The molecule has 6 nitrogen and oxygen atoms in total. The Labute approximate surface area is 112 Å². The van der Waals surface area contributed by atoms with Crippen LogP contribution in [0.2, 0.25) is 0 Å². The standard InChI is InChI=1S/C13H18N4O2/c1-9(2)17-10(5-7-14-17)16-11(18)13(3)6-4-8-15(13)12(16)19/h5,7,9H,4,6,8H2,1-3H3/t13-/m0/s1. The number of hydrogen-bond donors (Lipinski definition) is 0. The van der Waals surface area contributed by atoms with Gasteiger partial charge in [-0.1, -0.05) is 0 Å². The van der Waals surface area contributed by atoms with E-state index in [0.717, 1.165) is 12.8 Å². The number of hydrogen-bond acceptors (Lipinski definition) is 3. The number of urea groups is 1. The summed E-state index contributed by atoms with van der Waals surface area (Å²) in [5.41, 5.74) is -0.664. The van der Waals surface area contributed by atoms with E-state index in [1.54, 1.807) is 21.8 Å². The van der Waals surface area contributed by atoms with Gasteiger partial charge in [0, 0.05) is 18.7 Å². The van der Waals surface area contributed by atoms with Crippen molar-refractivity contribution in [1.29, 1.82) is 0 Å². The first-order valence-electron chi connectivity index (χ1n) is 6.66. The normalized spacial score (nSPS) is 26.7. The molecule has 2 aliphatic heterocycles. The third-order valence-electron chi connectivity index (χ3n) is 4.09. The minimum Gasteiger partial charge on any atom is -0.309 e. The van der Waals surface area contributed by atoms with E-state index < -0.39 is 5.54 Å². The maximum absolute atomic E-state index is 12.6. The summed E-state index contributed by atoms with van der Waals surface area (Å²) < 4.78 is 1.71. The Morgan fingerprint density at radius 2 is 2.11 bits per heavy atom. The zero-order valence-electron chi connectivity index (χ0n) is 11.5. The van der Waals surface area contributed by atoms with Crippen LogP contribution >= 0.6 is 0 Å². The Morgan fingerprint density at radius 1 is 1.37 bits per heavy atom. The van der Waals surface area contributed by atoms with Crippen LogP contribution in [0.4, 0.5) is 10.6 Å². The smallest absolute Gasteiger partial charge is 0.309 e. The fraction of sp³-hybridized carbons (Fsp3) is 0.615. The Hall–Kier alpha value is -1.85. The van der Waals surface area contributed by atoms with Gasteiger partial charge in [-0.05, 0) is 33.6 Å². The number of carbonyl (C=O) groups is 2. The van der Waals surface area contributed by atoms with E-state index >= 15 is 0 Å². The Kier molecular flexibility index (Phi) is 2.45. The van der Waals surface area contributed by atoms with Gasteiger partial charge in [0.15, 0.2) is 0 Å². The number of rotatable bonds is 2. The molecule has 2 fully saturated rings. The molecule has 102 valence electrons. The van der Waals surface area contributed by atoms with Gasteiger partial charge in [-0.15, -0.1) is 0 Å². The lowest BCUT2D eigenvalue weighted by atomic mass is 9.99. The van der Waals surface area contributed by atoms with Gasteiger partial charge in [-0.3, -0.25) is 4.79 Å². The van der Waals surface area contributed by atoms with Crippen LogP contribution in [0.3, 0.4) is 0 Å². The average Bonchev–Trinajstić information content (AvgIpc) is 2.99.